The van der Waals surface area contributed by atoms with E-state index in [0.717, 1.165) is 28.3 Å². The molecule has 0 radical (unpaired) electrons. The highest BCUT2D eigenvalue weighted by Crippen LogP contribution is 2.22. The van der Waals surface area contributed by atoms with E-state index in [0.29, 0.717) is 17.7 Å². The van der Waals surface area contributed by atoms with Crippen molar-refractivity contribution in [2.75, 3.05) is 0 Å². The van der Waals surface area contributed by atoms with Crippen LogP contribution in [0, 0.1) is 18.3 Å². The summed E-state index contributed by atoms with van der Waals surface area (Å²) < 4.78 is 2.08. The Kier molecular flexibility index (Phi) is 3.29. The first-order valence-electron chi connectivity index (χ1n) is 6.75. The SMILES string of the molecule is Cc1cc(C#N)ccc1Cn1cc(C=O)c2ccccc21. The third-order valence-corrected chi connectivity index (χ3v) is 3.76. The van der Waals surface area contributed by atoms with Crippen molar-refractivity contribution in [2.24, 2.45) is 0 Å². The molecule has 0 saturated heterocycles. The summed E-state index contributed by atoms with van der Waals surface area (Å²) in [4.78, 5) is 11.2. The number of aldehydes is 1. The number of nitriles is 1. The summed E-state index contributed by atoms with van der Waals surface area (Å²) in [5, 5.41) is 9.90. The lowest BCUT2D eigenvalue weighted by atomic mass is 10.1. The Bertz CT molecular complexity index is 869. The highest BCUT2D eigenvalue weighted by molar-refractivity contribution is 5.97. The molecule has 0 spiro atoms. The minimum atomic E-state index is 0.669. The van der Waals surface area contributed by atoms with Gasteiger partial charge in [-0.25, -0.2) is 0 Å². The normalized spacial score (nSPS) is 10.5. The second-order valence-corrected chi connectivity index (χ2v) is 5.10. The molecule has 0 unspecified atom stereocenters. The molecule has 0 saturated carbocycles. The van der Waals surface area contributed by atoms with Crippen LogP contribution < -0.4 is 0 Å². The molecule has 21 heavy (non-hydrogen) atoms. The van der Waals surface area contributed by atoms with Crippen LogP contribution in [-0.2, 0) is 6.54 Å². The molecular weight excluding hydrogens is 260 g/mol. The van der Waals surface area contributed by atoms with Gasteiger partial charge in [0.2, 0.25) is 0 Å². The van der Waals surface area contributed by atoms with Crippen LogP contribution in [0.2, 0.25) is 0 Å². The largest absolute Gasteiger partial charge is 0.342 e. The first kappa shape index (κ1) is 13.1. The van der Waals surface area contributed by atoms with Gasteiger partial charge in [-0.1, -0.05) is 24.3 Å². The average molecular weight is 274 g/mol. The standard InChI is InChI=1S/C18H14N2O/c1-13-8-14(9-19)6-7-15(13)10-20-11-16(12-21)17-4-2-3-5-18(17)20/h2-8,11-12H,10H2,1H3. The molecule has 3 heteroatoms. The Morgan fingerprint density at radius 2 is 2.05 bits per heavy atom. The van der Waals surface area contributed by atoms with Gasteiger partial charge in [0.1, 0.15) is 0 Å². The molecule has 0 aliphatic heterocycles. The monoisotopic (exact) mass is 274 g/mol. The average Bonchev–Trinajstić information content (AvgIpc) is 2.87. The van der Waals surface area contributed by atoms with Crippen LogP contribution in [0.4, 0.5) is 0 Å². The van der Waals surface area contributed by atoms with E-state index in [1.165, 1.54) is 0 Å². The smallest absolute Gasteiger partial charge is 0.152 e. The Balaban J connectivity index is 2.06. The van der Waals surface area contributed by atoms with Gasteiger partial charge in [0.25, 0.3) is 0 Å². The van der Waals surface area contributed by atoms with Gasteiger partial charge in [-0.05, 0) is 36.2 Å². The molecule has 1 heterocycles. The van der Waals surface area contributed by atoms with Crippen LogP contribution in [0.15, 0.2) is 48.7 Å². The van der Waals surface area contributed by atoms with Gasteiger partial charge in [0.15, 0.2) is 6.29 Å². The molecule has 3 rings (SSSR count). The van der Waals surface area contributed by atoms with Gasteiger partial charge in [-0.15, -0.1) is 0 Å². The Hall–Kier alpha value is -2.86. The zero-order valence-corrected chi connectivity index (χ0v) is 11.7. The van der Waals surface area contributed by atoms with E-state index in [1.54, 1.807) is 0 Å². The number of rotatable bonds is 3. The summed E-state index contributed by atoms with van der Waals surface area (Å²) in [6.45, 7) is 2.69. The van der Waals surface area contributed by atoms with Crippen molar-refractivity contribution in [1.29, 1.82) is 5.26 Å². The minimum Gasteiger partial charge on any atom is -0.342 e. The zero-order valence-electron chi connectivity index (χ0n) is 11.7. The van der Waals surface area contributed by atoms with Gasteiger partial charge in [-0.2, -0.15) is 5.26 Å². The van der Waals surface area contributed by atoms with Crippen LogP contribution in [0.1, 0.15) is 27.0 Å². The number of aromatic nitrogens is 1. The maximum absolute atomic E-state index is 11.2. The molecular formula is C18H14N2O. The van der Waals surface area contributed by atoms with Gasteiger partial charge in [0.05, 0.1) is 11.6 Å². The number of nitrogens with zero attached hydrogens (tertiary/aromatic N) is 2. The van der Waals surface area contributed by atoms with E-state index >= 15 is 0 Å². The number of fused-ring (bicyclic) bond motifs is 1. The van der Waals surface area contributed by atoms with Crippen LogP contribution in [0.25, 0.3) is 10.9 Å². The molecule has 0 atom stereocenters. The minimum absolute atomic E-state index is 0.669. The Labute approximate surface area is 123 Å². The summed E-state index contributed by atoms with van der Waals surface area (Å²) in [5.41, 5.74) is 4.65. The number of para-hydroxylation sites is 1. The first-order chi connectivity index (χ1) is 10.2. The molecule has 0 bridgehead atoms. The van der Waals surface area contributed by atoms with E-state index in [4.69, 9.17) is 5.26 Å². The summed E-state index contributed by atoms with van der Waals surface area (Å²) in [7, 11) is 0. The molecule has 0 amide bonds. The molecule has 3 nitrogen and oxygen atoms in total. The van der Waals surface area contributed by atoms with Crippen LogP contribution in [0.3, 0.4) is 0 Å². The topological polar surface area (TPSA) is 45.8 Å². The fourth-order valence-corrected chi connectivity index (χ4v) is 2.63. The summed E-state index contributed by atoms with van der Waals surface area (Å²) >= 11 is 0. The number of aryl methyl sites for hydroxylation is 1. The number of hydrogen-bond donors (Lipinski definition) is 0. The van der Waals surface area contributed by atoms with Crippen molar-refractivity contribution in [1.82, 2.24) is 4.57 Å². The number of carbonyl (C=O) groups excluding carboxylic acids is 1. The zero-order chi connectivity index (χ0) is 14.8. The predicted molar refractivity (Wildman–Crippen MR) is 82.3 cm³/mol. The molecule has 0 aliphatic rings. The van der Waals surface area contributed by atoms with E-state index in [9.17, 15) is 4.79 Å². The van der Waals surface area contributed by atoms with E-state index in [2.05, 4.69) is 10.6 Å². The second-order valence-electron chi connectivity index (χ2n) is 5.10. The second kappa shape index (κ2) is 5.26. The number of carbonyl (C=O) groups is 1. The van der Waals surface area contributed by atoms with E-state index in [1.807, 2.05) is 55.6 Å². The van der Waals surface area contributed by atoms with Crippen molar-refractivity contribution in [2.45, 2.75) is 13.5 Å². The Morgan fingerprint density at radius 1 is 1.24 bits per heavy atom. The van der Waals surface area contributed by atoms with Crippen LogP contribution in [0.5, 0.6) is 0 Å². The molecule has 102 valence electrons. The molecule has 3 aromatic rings. The molecule has 0 aliphatic carbocycles. The fraction of sp³-hybridized carbons (Fsp3) is 0.111. The van der Waals surface area contributed by atoms with Gasteiger partial charge in [-0.3, -0.25) is 4.79 Å². The lowest BCUT2D eigenvalue weighted by molar-refractivity contribution is 0.112. The van der Waals surface area contributed by atoms with Crippen molar-refractivity contribution in [3.63, 3.8) is 0 Å². The molecule has 0 N–H and O–H groups in total. The maximum atomic E-state index is 11.2. The summed E-state index contributed by atoms with van der Waals surface area (Å²) in [6.07, 6.45) is 2.78. The van der Waals surface area contributed by atoms with Gasteiger partial charge in [0, 0.05) is 29.2 Å². The highest BCUT2D eigenvalue weighted by Gasteiger charge is 2.08. The predicted octanol–water partition coefficient (Wildman–Crippen LogP) is 3.68. The number of hydrogen-bond acceptors (Lipinski definition) is 2. The summed E-state index contributed by atoms with van der Waals surface area (Å²) in [5.74, 6) is 0. The van der Waals surface area contributed by atoms with E-state index < -0.39 is 0 Å². The lowest BCUT2D eigenvalue weighted by Gasteiger charge is -2.09. The maximum Gasteiger partial charge on any atom is 0.152 e. The van der Waals surface area contributed by atoms with E-state index in [-0.39, 0.29) is 0 Å². The van der Waals surface area contributed by atoms with Crippen molar-refractivity contribution >= 4 is 17.2 Å². The highest BCUT2D eigenvalue weighted by atomic mass is 16.1. The van der Waals surface area contributed by atoms with Crippen molar-refractivity contribution < 1.29 is 4.79 Å². The third kappa shape index (κ3) is 2.32. The Morgan fingerprint density at radius 3 is 2.76 bits per heavy atom. The van der Waals surface area contributed by atoms with Gasteiger partial charge >= 0.3 is 0 Å². The van der Waals surface area contributed by atoms with Crippen LogP contribution >= 0.6 is 0 Å². The first-order valence-corrected chi connectivity index (χ1v) is 6.75. The quantitative estimate of drug-likeness (QED) is 0.684. The van der Waals surface area contributed by atoms with Crippen molar-refractivity contribution in [3.05, 3.63) is 70.9 Å². The fourth-order valence-electron chi connectivity index (χ4n) is 2.63. The van der Waals surface area contributed by atoms with Crippen molar-refractivity contribution in [3.8, 4) is 6.07 Å². The third-order valence-electron chi connectivity index (χ3n) is 3.76. The number of benzene rings is 2. The lowest BCUT2D eigenvalue weighted by Crippen LogP contribution is -2.00. The molecule has 1 aromatic heterocycles. The van der Waals surface area contributed by atoms with Crippen LogP contribution in [-0.4, -0.2) is 10.9 Å². The molecule has 0 fully saturated rings. The van der Waals surface area contributed by atoms with Gasteiger partial charge < -0.3 is 4.57 Å². The summed E-state index contributed by atoms with van der Waals surface area (Å²) in [6, 6.07) is 15.7. The molecule has 2 aromatic carbocycles.